The number of hydrogen-bond acceptors (Lipinski definition) is 4. The van der Waals surface area contributed by atoms with Crippen molar-refractivity contribution in [1.29, 1.82) is 0 Å². The van der Waals surface area contributed by atoms with Crippen LogP contribution in [0.1, 0.15) is 32.6 Å². The fraction of sp³-hybridized carbons (Fsp3) is 0.647. The van der Waals surface area contributed by atoms with Crippen LogP contribution in [0, 0.1) is 5.92 Å². The van der Waals surface area contributed by atoms with Gasteiger partial charge in [-0.15, -0.1) is 0 Å². The molecule has 3 heterocycles. The highest BCUT2D eigenvalue weighted by molar-refractivity contribution is 5.84. The number of aromatic nitrogens is 2. The summed E-state index contributed by atoms with van der Waals surface area (Å²) < 4.78 is 1.63. The molecule has 2 amide bonds. The normalized spacial score (nSPS) is 23.6. The Bertz CT molecular complexity index is 650. The molecule has 0 bridgehead atoms. The minimum absolute atomic E-state index is 0.0376. The van der Waals surface area contributed by atoms with Crippen LogP contribution in [0.2, 0.25) is 0 Å². The summed E-state index contributed by atoms with van der Waals surface area (Å²) in [4.78, 5) is 43.9. The maximum absolute atomic E-state index is 12.8. The van der Waals surface area contributed by atoms with Gasteiger partial charge in [0, 0.05) is 45.0 Å². The number of amides is 2. The van der Waals surface area contributed by atoms with E-state index in [0.717, 1.165) is 0 Å². The van der Waals surface area contributed by atoms with Crippen molar-refractivity contribution in [1.82, 2.24) is 19.4 Å². The molecule has 136 valence electrons. The van der Waals surface area contributed by atoms with Crippen LogP contribution < -0.4 is 0 Å². The molecule has 1 aromatic rings. The van der Waals surface area contributed by atoms with Gasteiger partial charge in [-0.2, -0.15) is 0 Å². The van der Waals surface area contributed by atoms with Crippen molar-refractivity contribution < 1.29 is 19.5 Å². The van der Waals surface area contributed by atoms with Gasteiger partial charge in [-0.05, 0) is 26.2 Å². The topological polar surface area (TPSA) is 95.7 Å². The number of imidazole rings is 1. The van der Waals surface area contributed by atoms with E-state index in [1.54, 1.807) is 26.8 Å². The van der Waals surface area contributed by atoms with Gasteiger partial charge < -0.3 is 19.5 Å². The van der Waals surface area contributed by atoms with Crippen LogP contribution >= 0.6 is 0 Å². The number of carbonyl (C=O) groups excluding carboxylic acids is 2. The molecule has 1 aromatic heterocycles. The molecule has 2 fully saturated rings. The maximum Gasteiger partial charge on any atom is 0.330 e. The Labute approximate surface area is 146 Å². The van der Waals surface area contributed by atoms with Gasteiger partial charge in [0.25, 0.3) is 0 Å². The molecule has 8 nitrogen and oxygen atoms in total. The monoisotopic (exact) mass is 348 g/mol. The molecule has 0 aromatic carbocycles. The van der Waals surface area contributed by atoms with E-state index in [1.165, 1.54) is 6.33 Å². The second kappa shape index (κ2) is 6.85. The smallest absolute Gasteiger partial charge is 0.330 e. The van der Waals surface area contributed by atoms with E-state index in [-0.39, 0.29) is 17.7 Å². The van der Waals surface area contributed by atoms with Crippen LogP contribution in [0.5, 0.6) is 0 Å². The Morgan fingerprint density at radius 2 is 2.08 bits per heavy atom. The molecule has 2 aliphatic heterocycles. The molecule has 0 radical (unpaired) electrons. The average Bonchev–Trinajstić information content (AvgIpc) is 3.16. The molecule has 8 heteroatoms. The second-order valence-electron chi connectivity index (χ2n) is 6.80. The number of rotatable bonds is 4. The fourth-order valence-corrected chi connectivity index (χ4v) is 3.87. The van der Waals surface area contributed by atoms with Crippen LogP contribution in [0.25, 0.3) is 0 Å². The summed E-state index contributed by atoms with van der Waals surface area (Å²) in [6.07, 6.45) is 6.46. The highest BCUT2D eigenvalue weighted by atomic mass is 16.4. The van der Waals surface area contributed by atoms with E-state index in [2.05, 4.69) is 4.98 Å². The predicted octanol–water partition coefficient (Wildman–Crippen LogP) is 0.544. The Hall–Kier alpha value is -2.38. The van der Waals surface area contributed by atoms with Gasteiger partial charge in [0.05, 0.1) is 12.2 Å². The highest BCUT2D eigenvalue weighted by Crippen LogP contribution is 2.32. The molecule has 0 aliphatic carbocycles. The molecule has 2 aliphatic rings. The van der Waals surface area contributed by atoms with Crippen molar-refractivity contribution in [3.8, 4) is 0 Å². The lowest BCUT2D eigenvalue weighted by atomic mass is 9.86. The first kappa shape index (κ1) is 17.4. The van der Waals surface area contributed by atoms with Crippen LogP contribution in [0.3, 0.4) is 0 Å². The summed E-state index contributed by atoms with van der Waals surface area (Å²) >= 11 is 0. The van der Waals surface area contributed by atoms with Crippen LogP contribution in [0.4, 0.5) is 0 Å². The lowest BCUT2D eigenvalue weighted by Gasteiger charge is -2.41. The largest absolute Gasteiger partial charge is 0.479 e. The van der Waals surface area contributed by atoms with Gasteiger partial charge in [0.15, 0.2) is 0 Å². The number of aliphatic carboxylic acids is 1. The SMILES string of the molecule is CCN1C[C@@H](C(=O)N2CCC(C(=O)O)(n3ccnc3)CC2)CCC1=O. The number of carbonyl (C=O) groups is 3. The van der Waals surface area contributed by atoms with Crippen molar-refractivity contribution in [2.45, 2.75) is 38.1 Å². The minimum Gasteiger partial charge on any atom is -0.479 e. The number of nitrogens with zero attached hydrogens (tertiary/aromatic N) is 4. The zero-order valence-electron chi connectivity index (χ0n) is 14.4. The first-order valence-electron chi connectivity index (χ1n) is 8.76. The molecule has 0 spiro atoms. The number of carboxylic acid groups (broad SMARTS) is 1. The summed E-state index contributed by atoms with van der Waals surface area (Å²) in [5.41, 5.74) is -1.04. The summed E-state index contributed by atoms with van der Waals surface area (Å²) in [5, 5.41) is 9.73. The molecule has 2 saturated heterocycles. The van der Waals surface area contributed by atoms with Crippen LogP contribution in [-0.4, -0.2) is 68.4 Å². The number of likely N-dealkylation sites (tertiary alicyclic amines) is 2. The molecule has 1 N–H and O–H groups in total. The zero-order chi connectivity index (χ0) is 18.0. The summed E-state index contributed by atoms with van der Waals surface area (Å²) in [6, 6.07) is 0. The minimum atomic E-state index is -1.04. The van der Waals surface area contributed by atoms with Crippen molar-refractivity contribution in [3.05, 3.63) is 18.7 Å². The summed E-state index contributed by atoms with van der Waals surface area (Å²) in [5.74, 6) is -0.924. The van der Waals surface area contributed by atoms with E-state index in [4.69, 9.17) is 0 Å². The Morgan fingerprint density at radius 3 is 2.64 bits per heavy atom. The van der Waals surface area contributed by atoms with E-state index >= 15 is 0 Å². The van der Waals surface area contributed by atoms with Crippen LogP contribution in [0.15, 0.2) is 18.7 Å². The van der Waals surface area contributed by atoms with Gasteiger partial charge in [-0.3, -0.25) is 9.59 Å². The Kier molecular flexibility index (Phi) is 4.78. The number of carboxylic acids is 1. The van der Waals surface area contributed by atoms with Crippen molar-refractivity contribution in [3.63, 3.8) is 0 Å². The average molecular weight is 348 g/mol. The van der Waals surface area contributed by atoms with Gasteiger partial charge in [0.1, 0.15) is 5.54 Å². The van der Waals surface area contributed by atoms with Crippen molar-refractivity contribution in [2.24, 2.45) is 5.92 Å². The third kappa shape index (κ3) is 3.12. The predicted molar refractivity (Wildman–Crippen MR) is 88.6 cm³/mol. The summed E-state index contributed by atoms with van der Waals surface area (Å²) in [6.45, 7) is 3.80. The first-order chi connectivity index (χ1) is 12.0. The third-order valence-corrected chi connectivity index (χ3v) is 5.53. The van der Waals surface area contributed by atoms with Gasteiger partial charge in [0.2, 0.25) is 11.8 Å². The van der Waals surface area contributed by atoms with Crippen LogP contribution in [-0.2, 0) is 19.9 Å². The molecular formula is C17H24N4O4. The molecule has 0 unspecified atom stereocenters. The fourth-order valence-electron chi connectivity index (χ4n) is 3.87. The Morgan fingerprint density at radius 1 is 1.36 bits per heavy atom. The lowest BCUT2D eigenvalue weighted by Crippen LogP contribution is -2.54. The molecule has 25 heavy (non-hydrogen) atoms. The van der Waals surface area contributed by atoms with Crippen molar-refractivity contribution >= 4 is 17.8 Å². The molecular weight excluding hydrogens is 324 g/mol. The third-order valence-electron chi connectivity index (χ3n) is 5.53. The highest BCUT2D eigenvalue weighted by Gasteiger charge is 2.45. The van der Waals surface area contributed by atoms with Gasteiger partial charge in [-0.1, -0.05) is 0 Å². The van der Waals surface area contributed by atoms with E-state index < -0.39 is 11.5 Å². The van der Waals surface area contributed by atoms with Gasteiger partial charge in [-0.25, -0.2) is 9.78 Å². The molecule has 3 rings (SSSR count). The second-order valence-corrected chi connectivity index (χ2v) is 6.80. The van der Waals surface area contributed by atoms with E-state index in [0.29, 0.717) is 51.9 Å². The lowest BCUT2D eigenvalue weighted by molar-refractivity contribution is -0.154. The Balaban J connectivity index is 1.66. The number of hydrogen-bond donors (Lipinski definition) is 1. The quantitative estimate of drug-likeness (QED) is 0.857. The van der Waals surface area contributed by atoms with E-state index in [1.807, 2.05) is 6.92 Å². The van der Waals surface area contributed by atoms with E-state index in [9.17, 15) is 19.5 Å². The van der Waals surface area contributed by atoms with Gasteiger partial charge >= 0.3 is 5.97 Å². The van der Waals surface area contributed by atoms with Crippen molar-refractivity contribution in [2.75, 3.05) is 26.2 Å². The number of piperidine rings is 2. The first-order valence-corrected chi connectivity index (χ1v) is 8.76. The maximum atomic E-state index is 12.8. The molecule has 1 atom stereocenters. The molecule has 0 saturated carbocycles. The summed E-state index contributed by atoms with van der Waals surface area (Å²) in [7, 11) is 0. The zero-order valence-corrected chi connectivity index (χ0v) is 14.4. The standard InChI is InChI=1S/C17H24N4O4/c1-2-19-11-13(3-4-14(19)22)15(23)20-8-5-17(6-9-20,16(24)25)21-10-7-18-12-21/h7,10,12-13H,2-6,8-9,11H2,1H3,(H,24,25)/t13-/m0/s1.